The summed E-state index contributed by atoms with van der Waals surface area (Å²) in [5, 5.41) is 25.6. The van der Waals surface area contributed by atoms with Crippen LogP contribution in [0.3, 0.4) is 0 Å². The highest BCUT2D eigenvalue weighted by molar-refractivity contribution is 6.22. The summed E-state index contributed by atoms with van der Waals surface area (Å²) in [4.78, 5) is 15.3. The molecule has 0 amide bonds. The van der Waals surface area contributed by atoms with Gasteiger partial charge in [0.15, 0.2) is 0 Å². The lowest BCUT2D eigenvalue weighted by molar-refractivity contribution is 0.237. The highest BCUT2D eigenvalue weighted by Crippen LogP contribution is 2.45. The molecule has 6 heteroatoms. The van der Waals surface area contributed by atoms with Gasteiger partial charge in [-0.05, 0) is 81.1 Å². The molecule has 1 fully saturated rings. The Kier molecular flexibility index (Phi) is 6.14. The summed E-state index contributed by atoms with van der Waals surface area (Å²) < 4.78 is 0. The number of fused-ring (bicyclic) bond motifs is 5. The van der Waals surface area contributed by atoms with Gasteiger partial charge in [-0.25, -0.2) is 15.0 Å². The van der Waals surface area contributed by atoms with E-state index < -0.39 is 6.10 Å². The third-order valence-electron chi connectivity index (χ3n) is 9.09. The number of rotatable bonds is 4. The van der Waals surface area contributed by atoms with Gasteiger partial charge in [0.25, 0.3) is 0 Å². The number of hydrogen-bond donors (Lipinski definition) is 3. The fraction of sp³-hybridized carbons (Fsp3) is 0.424. The van der Waals surface area contributed by atoms with Crippen LogP contribution in [0.5, 0.6) is 0 Å². The van der Waals surface area contributed by atoms with E-state index in [0.717, 1.165) is 98.3 Å². The first-order valence-electron chi connectivity index (χ1n) is 14.3. The molecule has 1 saturated heterocycles. The summed E-state index contributed by atoms with van der Waals surface area (Å²) in [7, 11) is 0. The largest absolute Gasteiger partial charge is 0.511 e. The predicted octanol–water partition coefficient (Wildman–Crippen LogP) is 6.84. The zero-order valence-corrected chi connectivity index (χ0v) is 24.0. The summed E-state index contributed by atoms with van der Waals surface area (Å²) in [5.74, 6) is 0.961. The van der Waals surface area contributed by atoms with Gasteiger partial charge in [0.05, 0.1) is 40.3 Å². The van der Waals surface area contributed by atoms with Crippen molar-refractivity contribution in [2.45, 2.75) is 80.3 Å². The van der Waals surface area contributed by atoms with E-state index in [9.17, 15) is 10.2 Å². The molecule has 0 aromatic rings. The van der Waals surface area contributed by atoms with Gasteiger partial charge >= 0.3 is 0 Å². The number of allylic oxidation sites excluding steroid dienone is 11. The molecular formula is C33H38N4O2. The third kappa shape index (κ3) is 3.83. The molecule has 6 aliphatic rings. The van der Waals surface area contributed by atoms with Crippen LogP contribution < -0.4 is 5.32 Å². The lowest BCUT2D eigenvalue weighted by atomic mass is 9.89. The number of aliphatic hydroxyl groups excluding tert-OH is 2. The lowest BCUT2D eigenvalue weighted by Gasteiger charge is -2.13. The summed E-state index contributed by atoms with van der Waals surface area (Å²) in [6.45, 7) is 14.7. The first-order chi connectivity index (χ1) is 18.6. The molecule has 1 aliphatic carbocycles. The van der Waals surface area contributed by atoms with Crippen LogP contribution in [0, 0.1) is 11.8 Å². The monoisotopic (exact) mass is 522 g/mol. The van der Waals surface area contributed by atoms with Crippen molar-refractivity contribution < 1.29 is 10.2 Å². The second-order valence-corrected chi connectivity index (χ2v) is 11.5. The predicted molar refractivity (Wildman–Crippen MR) is 159 cm³/mol. The molecule has 5 heterocycles. The second kappa shape index (κ2) is 9.30. The van der Waals surface area contributed by atoms with E-state index in [0.29, 0.717) is 18.1 Å². The highest BCUT2D eigenvalue weighted by Gasteiger charge is 2.38. The van der Waals surface area contributed by atoms with Gasteiger partial charge in [-0.2, -0.15) is 0 Å². The summed E-state index contributed by atoms with van der Waals surface area (Å²) >= 11 is 0. The van der Waals surface area contributed by atoms with Crippen LogP contribution in [0.2, 0.25) is 0 Å². The SMILES string of the molecule is CCCC1=C(C)C2=NC1=C1CC(O)=C3C1=NC(=C3C)C=C1NC(=CC3=NC(=C2)C(C)=C3C(C)O)[C@H](C)[C@H]1CC. The topological polar surface area (TPSA) is 89.6 Å². The van der Waals surface area contributed by atoms with E-state index in [1.165, 1.54) is 5.57 Å². The Labute approximate surface area is 231 Å². The fourth-order valence-corrected chi connectivity index (χ4v) is 6.91. The molecule has 0 aromatic heterocycles. The van der Waals surface area contributed by atoms with Crippen LogP contribution in [0.15, 0.2) is 106 Å². The maximum Gasteiger partial charge on any atom is 0.106 e. The van der Waals surface area contributed by atoms with Gasteiger partial charge < -0.3 is 15.5 Å². The van der Waals surface area contributed by atoms with E-state index in [-0.39, 0.29) is 5.92 Å². The van der Waals surface area contributed by atoms with Crippen LogP contribution in [0.25, 0.3) is 0 Å². The molecule has 39 heavy (non-hydrogen) atoms. The van der Waals surface area contributed by atoms with Crippen molar-refractivity contribution in [3.63, 3.8) is 0 Å². The van der Waals surface area contributed by atoms with Crippen LogP contribution in [-0.2, 0) is 0 Å². The number of nitrogens with one attached hydrogen (secondary N) is 1. The molecule has 202 valence electrons. The molecule has 0 radical (unpaired) electrons. The second-order valence-electron chi connectivity index (χ2n) is 11.5. The molecule has 0 saturated carbocycles. The Morgan fingerprint density at radius 3 is 2.44 bits per heavy atom. The summed E-state index contributed by atoms with van der Waals surface area (Å²) in [6, 6.07) is 0. The lowest BCUT2D eigenvalue weighted by Crippen LogP contribution is -2.15. The summed E-state index contributed by atoms with van der Waals surface area (Å²) in [5.41, 5.74) is 14.6. The van der Waals surface area contributed by atoms with Gasteiger partial charge in [-0.15, -0.1) is 0 Å². The Balaban J connectivity index is 1.65. The Morgan fingerprint density at radius 2 is 1.74 bits per heavy atom. The minimum absolute atomic E-state index is 0.269. The van der Waals surface area contributed by atoms with Gasteiger partial charge in [-0.3, -0.25) is 0 Å². The highest BCUT2D eigenvalue weighted by atomic mass is 16.3. The van der Waals surface area contributed by atoms with Gasteiger partial charge in [0.1, 0.15) is 5.76 Å². The molecule has 0 aromatic carbocycles. The molecule has 5 aliphatic heterocycles. The number of aliphatic hydroxyl groups is 2. The molecule has 3 N–H and O–H groups in total. The van der Waals surface area contributed by atoms with E-state index in [1.807, 2.05) is 13.8 Å². The zero-order chi connectivity index (χ0) is 27.7. The standard InChI is InChI=1S/C33H38N4O2/c1-8-10-21-16(4)24-12-25-17(5)30(19(7)38)28(35-25)14-23-15(3)20(9-2)27(34-23)13-26-18(6)31-29(39)11-22(32(21)36-24)33(31)37-26/h12-15,19-20,34,38-39H,8-11H2,1-7H3/t15-,19?,20-/m1/s1. The minimum Gasteiger partial charge on any atom is -0.511 e. The maximum absolute atomic E-state index is 11.1. The average molecular weight is 523 g/mol. The molecule has 8 bridgehead atoms. The van der Waals surface area contributed by atoms with Crippen molar-refractivity contribution in [3.8, 4) is 0 Å². The molecule has 6 rings (SSSR count). The minimum atomic E-state index is -0.637. The van der Waals surface area contributed by atoms with Crippen molar-refractivity contribution in [2.24, 2.45) is 26.8 Å². The molecule has 0 spiro atoms. The van der Waals surface area contributed by atoms with Gasteiger partial charge in [0.2, 0.25) is 0 Å². The van der Waals surface area contributed by atoms with Crippen LogP contribution in [0.4, 0.5) is 0 Å². The molecular weight excluding hydrogens is 484 g/mol. The zero-order valence-electron chi connectivity index (χ0n) is 24.0. The maximum atomic E-state index is 11.1. The van der Waals surface area contributed by atoms with Crippen molar-refractivity contribution >= 4 is 17.1 Å². The van der Waals surface area contributed by atoms with Crippen molar-refractivity contribution in [1.82, 2.24) is 5.32 Å². The van der Waals surface area contributed by atoms with Crippen molar-refractivity contribution in [3.05, 3.63) is 91.5 Å². The van der Waals surface area contributed by atoms with Crippen molar-refractivity contribution in [2.75, 3.05) is 0 Å². The van der Waals surface area contributed by atoms with E-state index in [1.54, 1.807) is 0 Å². The van der Waals surface area contributed by atoms with Gasteiger partial charge in [0, 0.05) is 46.4 Å². The van der Waals surface area contributed by atoms with Crippen molar-refractivity contribution in [1.29, 1.82) is 0 Å². The van der Waals surface area contributed by atoms with E-state index in [2.05, 4.69) is 58.2 Å². The Hall–Kier alpha value is -3.51. The Bertz CT molecular complexity index is 1560. The van der Waals surface area contributed by atoms with E-state index in [4.69, 9.17) is 15.0 Å². The molecule has 1 unspecified atom stereocenters. The average Bonchev–Trinajstić information content (AvgIpc) is 3.63. The first kappa shape index (κ1) is 25.8. The van der Waals surface area contributed by atoms with Gasteiger partial charge in [-0.1, -0.05) is 27.2 Å². The van der Waals surface area contributed by atoms with Crippen LogP contribution in [-0.4, -0.2) is 33.5 Å². The Morgan fingerprint density at radius 1 is 0.974 bits per heavy atom. The third-order valence-corrected chi connectivity index (χ3v) is 9.09. The first-order valence-corrected chi connectivity index (χ1v) is 14.3. The fourth-order valence-electron chi connectivity index (χ4n) is 6.91. The van der Waals surface area contributed by atoms with E-state index >= 15 is 0 Å². The van der Waals surface area contributed by atoms with Crippen LogP contribution >= 0.6 is 0 Å². The number of nitrogens with zero attached hydrogens (tertiary/aromatic N) is 3. The number of aliphatic imine (C=N–C) groups is 3. The van der Waals surface area contributed by atoms with Crippen LogP contribution in [0.1, 0.15) is 74.1 Å². The smallest absolute Gasteiger partial charge is 0.106 e. The quantitative estimate of drug-likeness (QED) is 0.378. The summed E-state index contributed by atoms with van der Waals surface area (Å²) in [6.07, 6.45) is 9.04. The molecule has 6 nitrogen and oxygen atoms in total. The number of hydrogen-bond acceptors (Lipinski definition) is 6. The molecule has 3 atom stereocenters. The normalized spacial score (nSPS) is 26.8.